The molecule has 2 unspecified atom stereocenters. The van der Waals surface area contributed by atoms with Crippen LogP contribution in [-0.4, -0.2) is 34.5 Å². The van der Waals surface area contributed by atoms with Crippen LogP contribution >= 0.6 is 0 Å². The van der Waals surface area contributed by atoms with E-state index in [4.69, 9.17) is 4.52 Å². The Morgan fingerprint density at radius 1 is 1.43 bits per heavy atom. The number of carbonyl (C=O) groups excluding carboxylic acids is 2. The number of nitrogens with zero attached hydrogens (tertiary/aromatic N) is 2. The number of hydrogen-bond acceptors (Lipinski definition) is 4. The van der Waals surface area contributed by atoms with Gasteiger partial charge in [0.2, 0.25) is 11.8 Å². The fraction of sp³-hybridized carbons (Fsp3) is 0.667. The standard InChI is InChI=1S/C15H21N3O3/c1-9-8-13(17-21-9)16-14(19)12-4-3-7-18(12)15(20)10(2)11-5-6-11/h8,10-12H,3-7H2,1-2H3,(H,16,17,19). The molecule has 2 atom stereocenters. The normalized spacial score (nSPS) is 23.1. The first kappa shape index (κ1) is 14.1. The van der Waals surface area contributed by atoms with E-state index in [2.05, 4.69) is 10.5 Å². The molecule has 6 nitrogen and oxygen atoms in total. The summed E-state index contributed by atoms with van der Waals surface area (Å²) in [5, 5.41) is 6.50. The van der Waals surface area contributed by atoms with Crippen LogP contribution in [0.2, 0.25) is 0 Å². The van der Waals surface area contributed by atoms with Crippen LogP contribution < -0.4 is 5.32 Å². The van der Waals surface area contributed by atoms with Crippen molar-refractivity contribution in [2.45, 2.75) is 45.6 Å². The molecule has 1 N–H and O–H groups in total. The van der Waals surface area contributed by atoms with Crippen molar-refractivity contribution >= 4 is 17.6 Å². The molecule has 1 aliphatic carbocycles. The van der Waals surface area contributed by atoms with E-state index < -0.39 is 0 Å². The number of aryl methyl sites for hydroxylation is 1. The Labute approximate surface area is 123 Å². The lowest BCUT2D eigenvalue weighted by Crippen LogP contribution is -2.45. The van der Waals surface area contributed by atoms with E-state index in [0.717, 1.165) is 19.3 Å². The molecule has 1 saturated carbocycles. The summed E-state index contributed by atoms with van der Waals surface area (Å²) in [6.07, 6.45) is 3.86. The van der Waals surface area contributed by atoms with Crippen LogP contribution in [0.5, 0.6) is 0 Å². The van der Waals surface area contributed by atoms with Crippen molar-refractivity contribution in [3.8, 4) is 0 Å². The van der Waals surface area contributed by atoms with Crippen molar-refractivity contribution in [2.75, 3.05) is 11.9 Å². The lowest BCUT2D eigenvalue weighted by Gasteiger charge is -2.26. The van der Waals surface area contributed by atoms with Crippen LogP contribution in [0.15, 0.2) is 10.6 Å². The third-order valence-corrected chi connectivity index (χ3v) is 4.44. The number of hydrogen-bond donors (Lipinski definition) is 1. The molecule has 0 bridgehead atoms. The summed E-state index contributed by atoms with van der Waals surface area (Å²) in [5.41, 5.74) is 0. The van der Waals surface area contributed by atoms with Crippen LogP contribution in [0.25, 0.3) is 0 Å². The Morgan fingerprint density at radius 3 is 2.81 bits per heavy atom. The molecule has 1 aromatic heterocycles. The van der Waals surface area contributed by atoms with E-state index in [-0.39, 0.29) is 23.8 Å². The summed E-state index contributed by atoms with van der Waals surface area (Å²) in [6.45, 7) is 4.42. The summed E-state index contributed by atoms with van der Waals surface area (Å²) < 4.78 is 4.94. The van der Waals surface area contributed by atoms with Crippen molar-refractivity contribution in [3.05, 3.63) is 11.8 Å². The van der Waals surface area contributed by atoms with Crippen LogP contribution in [-0.2, 0) is 9.59 Å². The van der Waals surface area contributed by atoms with Crippen molar-refractivity contribution in [2.24, 2.45) is 11.8 Å². The zero-order valence-electron chi connectivity index (χ0n) is 12.5. The molecule has 21 heavy (non-hydrogen) atoms. The summed E-state index contributed by atoms with van der Waals surface area (Å²) in [5.74, 6) is 1.55. The number of amides is 2. The number of likely N-dealkylation sites (tertiary alicyclic amines) is 1. The second kappa shape index (κ2) is 5.50. The van der Waals surface area contributed by atoms with Crippen LogP contribution in [0.1, 0.15) is 38.4 Å². The quantitative estimate of drug-likeness (QED) is 0.920. The Balaban J connectivity index is 1.65. The molecule has 1 aliphatic heterocycles. The Bertz CT molecular complexity index is 550. The molecule has 2 aliphatic rings. The highest BCUT2D eigenvalue weighted by atomic mass is 16.5. The first-order chi connectivity index (χ1) is 10.1. The van der Waals surface area contributed by atoms with Gasteiger partial charge in [-0.15, -0.1) is 0 Å². The van der Waals surface area contributed by atoms with E-state index in [1.54, 1.807) is 17.9 Å². The first-order valence-electron chi connectivity index (χ1n) is 7.61. The lowest BCUT2D eigenvalue weighted by atomic mass is 10.0. The highest BCUT2D eigenvalue weighted by Crippen LogP contribution is 2.38. The number of anilines is 1. The molecule has 1 saturated heterocycles. The Morgan fingerprint density at radius 2 is 2.19 bits per heavy atom. The smallest absolute Gasteiger partial charge is 0.248 e. The van der Waals surface area contributed by atoms with E-state index in [1.807, 2.05) is 6.92 Å². The second-order valence-corrected chi connectivity index (χ2v) is 6.13. The maximum atomic E-state index is 12.5. The SMILES string of the molecule is Cc1cc(NC(=O)C2CCCN2C(=O)C(C)C2CC2)no1. The zero-order valence-corrected chi connectivity index (χ0v) is 12.5. The monoisotopic (exact) mass is 291 g/mol. The van der Waals surface area contributed by atoms with Gasteiger partial charge in [0.25, 0.3) is 0 Å². The van der Waals surface area contributed by atoms with Crippen LogP contribution in [0.4, 0.5) is 5.82 Å². The highest BCUT2D eigenvalue weighted by Gasteiger charge is 2.40. The molecular weight excluding hydrogens is 270 g/mol. The topological polar surface area (TPSA) is 75.4 Å². The molecule has 2 amide bonds. The Hall–Kier alpha value is -1.85. The van der Waals surface area contributed by atoms with Gasteiger partial charge < -0.3 is 14.7 Å². The minimum atomic E-state index is -0.379. The fourth-order valence-corrected chi connectivity index (χ4v) is 3.00. The average Bonchev–Trinajstić information content (AvgIpc) is 3.05. The molecule has 0 radical (unpaired) electrons. The third kappa shape index (κ3) is 2.94. The van der Waals surface area contributed by atoms with Gasteiger partial charge in [0.1, 0.15) is 11.8 Å². The predicted octanol–water partition coefficient (Wildman–Crippen LogP) is 1.96. The van der Waals surface area contributed by atoms with E-state index in [0.29, 0.717) is 30.5 Å². The summed E-state index contributed by atoms with van der Waals surface area (Å²) >= 11 is 0. The zero-order chi connectivity index (χ0) is 15.0. The molecule has 1 aromatic rings. The summed E-state index contributed by atoms with van der Waals surface area (Å²) in [7, 11) is 0. The van der Waals surface area contributed by atoms with Gasteiger partial charge in [-0.2, -0.15) is 0 Å². The molecule has 3 rings (SSSR count). The molecule has 114 valence electrons. The number of aromatic nitrogens is 1. The van der Waals surface area contributed by atoms with E-state index in [1.165, 1.54) is 0 Å². The van der Waals surface area contributed by atoms with Crippen LogP contribution in [0, 0.1) is 18.8 Å². The van der Waals surface area contributed by atoms with Gasteiger partial charge in [0, 0.05) is 18.5 Å². The van der Waals surface area contributed by atoms with E-state index >= 15 is 0 Å². The second-order valence-electron chi connectivity index (χ2n) is 6.13. The lowest BCUT2D eigenvalue weighted by molar-refractivity contribution is -0.140. The maximum absolute atomic E-state index is 12.5. The Kier molecular flexibility index (Phi) is 3.69. The van der Waals surface area contributed by atoms with Gasteiger partial charge in [-0.05, 0) is 38.5 Å². The largest absolute Gasteiger partial charge is 0.360 e. The molecule has 2 heterocycles. The average molecular weight is 291 g/mol. The van der Waals surface area contributed by atoms with Crippen molar-refractivity contribution in [1.82, 2.24) is 10.1 Å². The fourth-order valence-electron chi connectivity index (χ4n) is 3.00. The van der Waals surface area contributed by atoms with Gasteiger partial charge in [-0.1, -0.05) is 12.1 Å². The third-order valence-electron chi connectivity index (χ3n) is 4.44. The van der Waals surface area contributed by atoms with Gasteiger partial charge in [0.15, 0.2) is 5.82 Å². The number of nitrogens with one attached hydrogen (secondary N) is 1. The summed E-state index contributed by atoms with van der Waals surface area (Å²) in [4.78, 5) is 26.6. The summed E-state index contributed by atoms with van der Waals surface area (Å²) in [6, 6.07) is 1.29. The molecule has 6 heteroatoms. The van der Waals surface area contributed by atoms with Crippen molar-refractivity contribution in [1.29, 1.82) is 0 Å². The van der Waals surface area contributed by atoms with Crippen molar-refractivity contribution in [3.63, 3.8) is 0 Å². The molecule has 0 spiro atoms. The van der Waals surface area contributed by atoms with Gasteiger partial charge in [-0.3, -0.25) is 9.59 Å². The number of carbonyl (C=O) groups is 2. The van der Waals surface area contributed by atoms with Gasteiger partial charge >= 0.3 is 0 Å². The van der Waals surface area contributed by atoms with Gasteiger partial charge in [0.05, 0.1) is 0 Å². The molecular formula is C15H21N3O3. The van der Waals surface area contributed by atoms with E-state index in [9.17, 15) is 9.59 Å². The maximum Gasteiger partial charge on any atom is 0.248 e. The molecule has 2 fully saturated rings. The highest BCUT2D eigenvalue weighted by molar-refractivity contribution is 5.97. The first-order valence-corrected chi connectivity index (χ1v) is 7.61. The van der Waals surface area contributed by atoms with Crippen molar-refractivity contribution < 1.29 is 14.1 Å². The minimum absolute atomic E-state index is 0.0349. The number of rotatable bonds is 4. The minimum Gasteiger partial charge on any atom is -0.360 e. The van der Waals surface area contributed by atoms with Gasteiger partial charge in [-0.25, -0.2) is 0 Å². The predicted molar refractivity (Wildman–Crippen MR) is 76.5 cm³/mol. The molecule has 0 aromatic carbocycles. The van der Waals surface area contributed by atoms with Crippen LogP contribution in [0.3, 0.4) is 0 Å².